The number of carbonyl (C=O) groups is 2. The minimum Gasteiger partial charge on any atom is -0.449 e. The smallest absolute Gasteiger partial charge is 0.331 e. The Morgan fingerprint density at radius 3 is 2.52 bits per heavy atom. The van der Waals surface area contributed by atoms with Gasteiger partial charge in [0.2, 0.25) is 0 Å². The molecule has 0 bridgehead atoms. The predicted octanol–water partition coefficient (Wildman–Crippen LogP) is 3.99. The highest BCUT2D eigenvalue weighted by molar-refractivity contribution is 5.91. The molecule has 1 N–H and O–H groups in total. The van der Waals surface area contributed by atoms with Gasteiger partial charge in [-0.3, -0.25) is 9.48 Å². The van der Waals surface area contributed by atoms with Crippen LogP contribution in [0.2, 0.25) is 0 Å². The molecule has 2 aromatic carbocycles. The summed E-state index contributed by atoms with van der Waals surface area (Å²) >= 11 is 0. The average molecular weight is 418 g/mol. The summed E-state index contributed by atoms with van der Waals surface area (Å²) in [5.41, 5.74) is 4.86. The third-order valence-corrected chi connectivity index (χ3v) is 4.71. The van der Waals surface area contributed by atoms with Crippen LogP contribution in [0.1, 0.15) is 30.5 Å². The van der Waals surface area contributed by atoms with E-state index in [0.29, 0.717) is 13.1 Å². The number of hydrogen-bond donors (Lipinski definition) is 1. The lowest BCUT2D eigenvalue weighted by Gasteiger charge is -2.10. The fourth-order valence-electron chi connectivity index (χ4n) is 3.08. The molecule has 0 aliphatic carbocycles. The molecule has 0 aliphatic heterocycles. The topological polar surface area (TPSA) is 73.2 Å². The second-order valence-electron chi connectivity index (χ2n) is 7.29. The van der Waals surface area contributed by atoms with E-state index in [2.05, 4.69) is 36.5 Å². The molecule has 0 fully saturated rings. The van der Waals surface area contributed by atoms with E-state index in [1.807, 2.05) is 48.1 Å². The molecule has 1 atom stereocenters. The summed E-state index contributed by atoms with van der Waals surface area (Å²) in [5.74, 6) is -0.899. The molecular weight excluding hydrogens is 390 g/mol. The number of ether oxygens (including phenoxy) is 1. The normalized spacial score (nSPS) is 12.0. The van der Waals surface area contributed by atoms with E-state index in [-0.39, 0.29) is 5.91 Å². The summed E-state index contributed by atoms with van der Waals surface area (Å²) in [6.45, 7) is 6.52. The molecule has 3 rings (SSSR count). The number of hydrogen-bond acceptors (Lipinski definition) is 4. The van der Waals surface area contributed by atoms with Gasteiger partial charge in [0.05, 0.1) is 12.2 Å². The van der Waals surface area contributed by atoms with Crippen LogP contribution in [0.3, 0.4) is 0 Å². The summed E-state index contributed by atoms with van der Waals surface area (Å²) in [4.78, 5) is 24.0. The summed E-state index contributed by atoms with van der Waals surface area (Å²) in [7, 11) is 0. The van der Waals surface area contributed by atoms with Crippen LogP contribution in [0.4, 0.5) is 0 Å². The quantitative estimate of drug-likeness (QED) is 0.444. The van der Waals surface area contributed by atoms with E-state index >= 15 is 0 Å². The maximum Gasteiger partial charge on any atom is 0.331 e. The van der Waals surface area contributed by atoms with E-state index < -0.39 is 12.1 Å². The van der Waals surface area contributed by atoms with Gasteiger partial charge in [0.1, 0.15) is 0 Å². The second-order valence-corrected chi connectivity index (χ2v) is 7.29. The molecule has 0 radical (unpaired) electrons. The van der Waals surface area contributed by atoms with Crippen LogP contribution in [0, 0.1) is 6.92 Å². The first-order valence-corrected chi connectivity index (χ1v) is 10.3. The number of nitrogens with zero attached hydrogens (tertiary/aromatic N) is 2. The minimum atomic E-state index is -0.852. The summed E-state index contributed by atoms with van der Waals surface area (Å²) in [6.07, 6.45) is 4.05. The first-order chi connectivity index (χ1) is 15.0. The van der Waals surface area contributed by atoms with Crippen LogP contribution in [0.25, 0.3) is 17.3 Å². The van der Waals surface area contributed by atoms with Crippen molar-refractivity contribution in [2.45, 2.75) is 33.4 Å². The van der Waals surface area contributed by atoms with Crippen molar-refractivity contribution < 1.29 is 14.3 Å². The number of rotatable bonds is 8. The molecule has 1 aromatic heterocycles. The summed E-state index contributed by atoms with van der Waals surface area (Å²) in [6, 6.07) is 18.1. The Kier molecular flexibility index (Phi) is 7.38. The highest BCUT2D eigenvalue weighted by atomic mass is 16.5. The lowest BCUT2D eigenvalue weighted by atomic mass is 10.1. The summed E-state index contributed by atoms with van der Waals surface area (Å²) < 4.78 is 7.04. The van der Waals surface area contributed by atoms with Crippen LogP contribution in [0.5, 0.6) is 0 Å². The van der Waals surface area contributed by atoms with Gasteiger partial charge in [-0.2, -0.15) is 5.10 Å². The highest BCUT2D eigenvalue weighted by Crippen LogP contribution is 2.23. The molecule has 0 saturated heterocycles. The van der Waals surface area contributed by atoms with Crippen molar-refractivity contribution in [3.8, 4) is 11.3 Å². The van der Waals surface area contributed by atoms with Gasteiger partial charge in [-0.25, -0.2) is 4.79 Å². The first-order valence-electron chi connectivity index (χ1n) is 10.3. The van der Waals surface area contributed by atoms with Crippen LogP contribution < -0.4 is 5.32 Å². The SMILES string of the molecule is CCNC(=O)[C@@H](C)OC(=O)/C=C/c1cn(Cc2ccc(C)cc2)nc1-c1ccccc1. The van der Waals surface area contributed by atoms with Crippen LogP contribution in [-0.2, 0) is 20.9 Å². The fraction of sp³-hybridized carbons (Fsp3) is 0.240. The van der Waals surface area contributed by atoms with Gasteiger partial charge in [0.15, 0.2) is 6.10 Å². The van der Waals surface area contributed by atoms with Gasteiger partial charge in [-0.05, 0) is 32.4 Å². The molecule has 31 heavy (non-hydrogen) atoms. The minimum absolute atomic E-state index is 0.319. The molecule has 1 amide bonds. The molecule has 0 spiro atoms. The zero-order valence-electron chi connectivity index (χ0n) is 18.0. The van der Waals surface area contributed by atoms with Crippen molar-refractivity contribution in [1.82, 2.24) is 15.1 Å². The maximum absolute atomic E-state index is 12.2. The number of amides is 1. The Labute approximate surface area is 182 Å². The molecule has 1 heterocycles. The van der Waals surface area contributed by atoms with Crippen molar-refractivity contribution >= 4 is 18.0 Å². The Morgan fingerprint density at radius 1 is 1.13 bits per heavy atom. The number of nitrogens with one attached hydrogen (secondary N) is 1. The van der Waals surface area contributed by atoms with Crippen LogP contribution >= 0.6 is 0 Å². The zero-order valence-corrected chi connectivity index (χ0v) is 18.0. The van der Waals surface area contributed by atoms with Gasteiger partial charge >= 0.3 is 5.97 Å². The number of aromatic nitrogens is 2. The van der Waals surface area contributed by atoms with Gasteiger partial charge in [0, 0.05) is 29.9 Å². The zero-order chi connectivity index (χ0) is 22.2. The lowest BCUT2D eigenvalue weighted by Crippen LogP contribution is -2.35. The monoisotopic (exact) mass is 417 g/mol. The number of carbonyl (C=O) groups excluding carboxylic acids is 2. The number of likely N-dealkylation sites (N-methyl/N-ethyl adjacent to an activating group) is 1. The number of aryl methyl sites for hydroxylation is 1. The van der Waals surface area contributed by atoms with E-state index in [1.54, 1.807) is 13.0 Å². The fourth-order valence-corrected chi connectivity index (χ4v) is 3.08. The molecule has 0 unspecified atom stereocenters. The Morgan fingerprint density at radius 2 is 1.84 bits per heavy atom. The van der Waals surface area contributed by atoms with E-state index in [1.165, 1.54) is 11.6 Å². The van der Waals surface area contributed by atoms with Crippen molar-refractivity contribution in [3.63, 3.8) is 0 Å². The Bertz CT molecular complexity index is 1050. The van der Waals surface area contributed by atoms with Crippen molar-refractivity contribution in [1.29, 1.82) is 0 Å². The Balaban J connectivity index is 1.81. The lowest BCUT2D eigenvalue weighted by molar-refractivity contribution is -0.150. The average Bonchev–Trinajstić information content (AvgIpc) is 3.17. The van der Waals surface area contributed by atoms with Gasteiger partial charge in [-0.1, -0.05) is 60.2 Å². The van der Waals surface area contributed by atoms with Gasteiger partial charge in [0.25, 0.3) is 5.91 Å². The molecule has 160 valence electrons. The third-order valence-electron chi connectivity index (χ3n) is 4.71. The maximum atomic E-state index is 12.2. The number of esters is 1. The van der Waals surface area contributed by atoms with E-state index in [0.717, 1.165) is 22.4 Å². The Hall–Kier alpha value is -3.67. The standard InChI is InChI=1S/C25H27N3O3/c1-4-26-25(30)19(3)31-23(29)15-14-22-17-28(16-20-12-10-18(2)11-13-20)27-24(22)21-8-6-5-7-9-21/h5-15,17,19H,4,16H2,1-3H3,(H,26,30)/b15-14+/t19-/m1/s1. The molecule has 3 aromatic rings. The molecular formula is C25H27N3O3. The van der Waals surface area contributed by atoms with Crippen molar-refractivity contribution in [2.75, 3.05) is 6.54 Å². The van der Waals surface area contributed by atoms with Gasteiger partial charge < -0.3 is 10.1 Å². The van der Waals surface area contributed by atoms with Crippen LogP contribution in [0.15, 0.2) is 66.9 Å². The summed E-state index contributed by atoms with van der Waals surface area (Å²) in [5, 5.41) is 7.37. The largest absolute Gasteiger partial charge is 0.449 e. The van der Waals surface area contributed by atoms with Crippen molar-refractivity contribution in [3.05, 3.63) is 83.6 Å². The third kappa shape index (κ3) is 6.15. The first kappa shape index (κ1) is 22.0. The molecule has 0 saturated carbocycles. The predicted molar refractivity (Wildman–Crippen MR) is 121 cm³/mol. The van der Waals surface area contributed by atoms with Crippen LogP contribution in [-0.4, -0.2) is 34.3 Å². The second kappa shape index (κ2) is 10.4. The van der Waals surface area contributed by atoms with E-state index in [4.69, 9.17) is 9.84 Å². The molecule has 6 heteroatoms. The van der Waals surface area contributed by atoms with Gasteiger partial charge in [-0.15, -0.1) is 0 Å². The highest BCUT2D eigenvalue weighted by Gasteiger charge is 2.16. The number of benzene rings is 2. The van der Waals surface area contributed by atoms with E-state index in [9.17, 15) is 9.59 Å². The van der Waals surface area contributed by atoms with Crippen molar-refractivity contribution in [2.24, 2.45) is 0 Å². The molecule has 6 nitrogen and oxygen atoms in total. The molecule has 0 aliphatic rings.